The fraction of sp³-hybridized carbons (Fsp3) is 0.333. The molecule has 0 bridgehead atoms. The Hall–Kier alpha value is -1.84. The van der Waals surface area contributed by atoms with E-state index in [2.05, 4.69) is 16.9 Å². The predicted octanol–water partition coefficient (Wildman–Crippen LogP) is 1.83. The Balaban J connectivity index is 2.56. The summed E-state index contributed by atoms with van der Waals surface area (Å²) in [5.41, 5.74) is 2.58. The van der Waals surface area contributed by atoms with Crippen molar-refractivity contribution in [2.24, 2.45) is 0 Å². The van der Waals surface area contributed by atoms with Gasteiger partial charge >= 0.3 is 0 Å². The van der Waals surface area contributed by atoms with Gasteiger partial charge in [-0.15, -0.1) is 0 Å². The van der Waals surface area contributed by atoms with E-state index in [0.29, 0.717) is 5.69 Å². The molecule has 84 valence electrons. The van der Waals surface area contributed by atoms with Crippen LogP contribution in [0.1, 0.15) is 23.0 Å². The third kappa shape index (κ3) is 1.66. The minimum absolute atomic E-state index is 0.0277. The zero-order chi connectivity index (χ0) is 11.7. The Kier molecular flexibility index (Phi) is 2.64. The summed E-state index contributed by atoms with van der Waals surface area (Å²) in [5, 5.41) is 1.04. The third-order valence-corrected chi connectivity index (χ3v) is 2.64. The molecule has 2 heterocycles. The summed E-state index contributed by atoms with van der Waals surface area (Å²) in [6, 6.07) is 3.86. The van der Waals surface area contributed by atoms with E-state index >= 15 is 0 Å². The number of aromatic amines is 1. The van der Waals surface area contributed by atoms with Gasteiger partial charge in [-0.05, 0) is 24.1 Å². The van der Waals surface area contributed by atoms with Crippen molar-refractivity contribution in [3.63, 3.8) is 0 Å². The summed E-state index contributed by atoms with van der Waals surface area (Å²) in [6.45, 7) is 2.09. The Morgan fingerprint density at radius 2 is 2.25 bits per heavy atom. The van der Waals surface area contributed by atoms with E-state index in [1.807, 2.05) is 12.1 Å². The molecule has 0 aliphatic rings. The van der Waals surface area contributed by atoms with Crippen molar-refractivity contribution in [1.29, 1.82) is 0 Å². The molecule has 0 saturated carbocycles. The quantitative estimate of drug-likeness (QED) is 0.834. The van der Waals surface area contributed by atoms with Crippen molar-refractivity contribution < 1.29 is 4.79 Å². The first kappa shape index (κ1) is 10.7. The Morgan fingerprint density at radius 3 is 2.88 bits per heavy atom. The monoisotopic (exact) mass is 217 g/mol. The van der Waals surface area contributed by atoms with Gasteiger partial charge in [-0.2, -0.15) is 0 Å². The molecule has 2 aromatic heterocycles. The van der Waals surface area contributed by atoms with Crippen molar-refractivity contribution in [3.8, 4) is 0 Å². The highest BCUT2D eigenvalue weighted by Gasteiger charge is 2.12. The molecule has 4 nitrogen and oxygen atoms in total. The van der Waals surface area contributed by atoms with Gasteiger partial charge in [0.1, 0.15) is 11.3 Å². The fourth-order valence-corrected chi connectivity index (χ4v) is 1.75. The van der Waals surface area contributed by atoms with Crippen LogP contribution in [0.5, 0.6) is 0 Å². The van der Waals surface area contributed by atoms with Gasteiger partial charge < -0.3 is 9.88 Å². The third-order valence-electron chi connectivity index (χ3n) is 2.64. The second-order valence-electron chi connectivity index (χ2n) is 3.97. The van der Waals surface area contributed by atoms with Gasteiger partial charge in [-0.1, -0.05) is 6.92 Å². The number of pyridine rings is 1. The fourth-order valence-electron chi connectivity index (χ4n) is 1.75. The zero-order valence-electron chi connectivity index (χ0n) is 9.74. The molecule has 2 rings (SSSR count). The average molecular weight is 217 g/mol. The Morgan fingerprint density at radius 1 is 1.50 bits per heavy atom. The van der Waals surface area contributed by atoms with Gasteiger partial charge in [-0.3, -0.25) is 4.79 Å². The lowest BCUT2D eigenvalue weighted by Crippen LogP contribution is -2.21. The molecule has 1 amide bonds. The smallest absolute Gasteiger partial charge is 0.269 e. The lowest BCUT2D eigenvalue weighted by molar-refractivity contribution is 0.0823. The molecular formula is C12H15N3O. The van der Waals surface area contributed by atoms with E-state index in [9.17, 15) is 4.79 Å². The molecule has 4 heteroatoms. The van der Waals surface area contributed by atoms with Crippen molar-refractivity contribution in [1.82, 2.24) is 14.9 Å². The number of nitrogens with zero attached hydrogens (tertiary/aromatic N) is 2. The standard InChI is InChI=1S/C12H15N3O/c1-4-8-5-6-13-11-9(8)7-10(14-11)12(16)15(2)3/h5-7H,4H2,1-3H3,(H,13,14). The SMILES string of the molecule is CCc1ccnc2[nH]c(C(=O)N(C)C)cc12. The van der Waals surface area contributed by atoms with Crippen LogP contribution in [-0.2, 0) is 6.42 Å². The number of carbonyl (C=O) groups is 1. The number of rotatable bonds is 2. The number of hydrogen-bond donors (Lipinski definition) is 1. The first-order valence-corrected chi connectivity index (χ1v) is 5.31. The zero-order valence-corrected chi connectivity index (χ0v) is 9.74. The number of nitrogens with one attached hydrogen (secondary N) is 1. The minimum Gasteiger partial charge on any atom is -0.344 e. The van der Waals surface area contributed by atoms with Crippen LogP contribution in [0, 0.1) is 0 Å². The lowest BCUT2D eigenvalue weighted by atomic mass is 10.1. The van der Waals surface area contributed by atoms with Crippen LogP contribution >= 0.6 is 0 Å². The molecule has 0 saturated heterocycles. The van der Waals surface area contributed by atoms with Gasteiger partial charge in [0.25, 0.3) is 5.91 Å². The van der Waals surface area contributed by atoms with Gasteiger partial charge in [0.2, 0.25) is 0 Å². The first-order valence-electron chi connectivity index (χ1n) is 5.31. The summed E-state index contributed by atoms with van der Waals surface area (Å²) in [7, 11) is 3.48. The van der Waals surface area contributed by atoms with E-state index in [0.717, 1.165) is 17.5 Å². The maximum atomic E-state index is 11.8. The first-order chi connectivity index (χ1) is 7.63. The molecule has 0 unspecified atom stereocenters. The Labute approximate surface area is 94.3 Å². The van der Waals surface area contributed by atoms with E-state index < -0.39 is 0 Å². The van der Waals surface area contributed by atoms with Crippen LogP contribution in [0.15, 0.2) is 18.3 Å². The van der Waals surface area contributed by atoms with Gasteiger partial charge in [-0.25, -0.2) is 4.98 Å². The van der Waals surface area contributed by atoms with Crippen LogP contribution in [-0.4, -0.2) is 34.9 Å². The highest BCUT2D eigenvalue weighted by Crippen LogP contribution is 2.18. The molecule has 0 radical (unpaired) electrons. The van der Waals surface area contributed by atoms with E-state index in [4.69, 9.17) is 0 Å². The average Bonchev–Trinajstić information content (AvgIpc) is 2.70. The number of aryl methyl sites for hydroxylation is 1. The number of H-pyrrole nitrogens is 1. The highest BCUT2D eigenvalue weighted by molar-refractivity contribution is 5.97. The summed E-state index contributed by atoms with van der Waals surface area (Å²) >= 11 is 0. The molecule has 0 spiro atoms. The largest absolute Gasteiger partial charge is 0.344 e. The highest BCUT2D eigenvalue weighted by atomic mass is 16.2. The van der Waals surface area contributed by atoms with Crippen molar-refractivity contribution >= 4 is 16.9 Å². The number of hydrogen-bond acceptors (Lipinski definition) is 2. The van der Waals surface area contributed by atoms with Crippen molar-refractivity contribution in [3.05, 3.63) is 29.6 Å². The summed E-state index contributed by atoms with van der Waals surface area (Å²) in [5.74, 6) is -0.0277. The van der Waals surface area contributed by atoms with Crippen molar-refractivity contribution in [2.75, 3.05) is 14.1 Å². The van der Waals surface area contributed by atoms with Crippen LogP contribution in [0.25, 0.3) is 11.0 Å². The van der Waals surface area contributed by atoms with Gasteiger partial charge in [0, 0.05) is 25.7 Å². The topological polar surface area (TPSA) is 49.0 Å². The van der Waals surface area contributed by atoms with Crippen LogP contribution in [0.4, 0.5) is 0 Å². The number of aromatic nitrogens is 2. The molecule has 0 aromatic carbocycles. The van der Waals surface area contributed by atoms with Gasteiger partial charge in [0.05, 0.1) is 0 Å². The molecule has 16 heavy (non-hydrogen) atoms. The molecule has 2 aromatic rings. The molecule has 0 aliphatic heterocycles. The van der Waals surface area contributed by atoms with E-state index in [1.165, 1.54) is 5.56 Å². The van der Waals surface area contributed by atoms with E-state index in [1.54, 1.807) is 25.2 Å². The molecule has 1 N–H and O–H groups in total. The maximum absolute atomic E-state index is 11.8. The number of fused-ring (bicyclic) bond motifs is 1. The molecule has 0 aliphatic carbocycles. The Bertz CT molecular complexity index is 528. The predicted molar refractivity (Wildman–Crippen MR) is 63.5 cm³/mol. The van der Waals surface area contributed by atoms with Crippen molar-refractivity contribution in [2.45, 2.75) is 13.3 Å². The van der Waals surface area contributed by atoms with Crippen LogP contribution < -0.4 is 0 Å². The van der Waals surface area contributed by atoms with Crippen LogP contribution in [0.2, 0.25) is 0 Å². The van der Waals surface area contributed by atoms with E-state index in [-0.39, 0.29) is 5.91 Å². The second-order valence-corrected chi connectivity index (χ2v) is 3.97. The van der Waals surface area contributed by atoms with Gasteiger partial charge in [0.15, 0.2) is 0 Å². The number of carbonyl (C=O) groups excluding carboxylic acids is 1. The summed E-state index contributed by atoms with van der Waals surface area (Å²) in [6.07, 6.45) is 2.70. The van der Waals surface area contributed by atoms with Crippen LogP contribution in [0.3, 0.4) is 0 Å². The second kappa shape index (κ2) is 3.96. The summed E-state index contributed by atoms with van der Waals surface area (Å²) < 4.78 is 0. The normalized spacial score (nSPS) is 10.7. The molecule has 0 atom stereocenters. The maximum Gasteiger partial charge on any atom is 0.269 e. The lowest BCUT2D eigenvalue weighted by Gasteiger charge is -2.07. The number of amides is 1. The minimum atomic E-state index is -0.0277. The summed E-state index contributed by atoms with van der Waals surface area (Å²) in [4.78, 5) is 20.6. The molecular weight excluding hydrogens is 202 g/mol. The molecule has 0 fully saturated rings.